The van der Waals surface area contributed by atoms with E-state index in [2.05, 4.69) is 36.2 Å². The molecule has 0 amide bonds. The fraction of sp³-hybridized carbons (Fsp3) is 0.455. The number of aryl methyl sites for hydroxylation is 1. The van der Waals surface area contributed by atoms with Gasteiger partial charge in [-0.05, 0) is 35.7 Å². The Hall–Kier alpha value is -1.01. The molecule has 0 bridgehead atoms. The van der Waals surface area contributed by atoms with Crippen molar-refractivity contribution in [2.45, 2.75) is 25.7 Å². The van der Waals surface area contributed by atoms with Crippen LogP contribution in [0.3, 0.4) is 0 Å². The topological polar surface area (TPSA) is 56.5 Å². The van der Waals surface area contributed by atoms with E-state index in [1.54, 1.807) is 4.68 Å². The third-order valence-electron chi connectivity index (χ3n) is 3.06. The molecule has 7 heteroatoms. The number of hydrogen-bond donors (Lipinski definition) is 0. The standard InChI is InChI=1S/C11H11BrClN5/c1-5-7(8-9(12)16-17-18(8)2)14-11(6-3-4-6)15-10(5)13/h6H,3-4H2,1-2H3. The molecule has 18 heavy (non-hydrogen) atoms. The van der Waals surface area contributed by atoms with Crippen LogP contribution in [0, 0.1) is 6.92 Å². The monoisotopic (exact) mass is 327 g/mol. The Morgan fingerprint density at radius 1 is 1.33 bits per heavy atom. The molecule has 5 nitrogen and oxygen atoms in total. The summed E-state index contributed by atoms with van der Waals surface area (Å²) in [6.07, 6.45) is 2.28. The second kappa shape index (κ2) is 4.28. The molecular weight excluding hydrogens is 318 g/mol. The van der Waals surface area contributed by atoms with Gasteiger partial charge in [-0.3, -0.25) is 0 Å². The van der Waals surface area contributed by atoms with Crippen molar-refractivity contribution in [1.29, 1.82) is 0 Å². The first-order chi connectivity index (χ1) is 8.58. The van der Waals surface area contributed by atoms with Crippen LogP contribution in [-0.4, -0.2) is 25.0 Å². The van der Waals surface area contributed by atoms with E-state index in [1.807, 2.05) is 14.0 Å². The summed E-state index contributed by atoms with van der Waals surface area (Å²) in [5, 5.41) is 8.46. The fourth-order valence-corrected chi connectivity index (χ4v) is 2.53. The van der Waals surface area contributed by atoms with Crippen molar-refractivity contribution in [2.24, 2.45) is 7.05 Å². The van der Waals surface area contributed by atoms with Gasteiger partial charge in [0.1, 0.15) is 16.7 Å². The minimum absolute atomic E-state index is 0.460. The minimum Gasteiger partial charge on any atom is -0.245 e. The Kier molecular flexibility index (Phi) is 2.86. The average molecular weight is 329 g/mol. The Morgan fingerprint density at radius 2 is 2.06 bits per heavy atom. The number of hydrogen-bond acceptors (Lipinski definition) is 4. The first kappa shape index (κ1) is 12.0. The van der Waals surface area contributed by atoms with Crippen LogP contribution in [0.5, 0.6) is 0 Å². The van der Waals surface area contributed by atoms with Crippen LogP contribution < -0.4 is 0 Å². The van der Waals surface area contributed by atoms with E-state index in [1.165, 1.54) is 0 Å². The van der Waals surface area contributed by atoms with Crippen LogP contribution in [-0.2, 0) is 7.05 Å². The quantitative estimate of drug-likeness (QED) is 0.795. The average Bonchev–Trinajstić information content (AvgIpc) is 3.11. The van der Waals surface area contributed by atoms with E-state index >= 15 is 0 Å². The van der Waals surface area contributed by atoms with Gasteiger partial charge in [-0.2, -0.15) is 0 Å². The fourth-order valence-electron chi connectivity index (χ4n) is 1.84. The first-order valence-electron chi connectivity index (χ1n) is 5.67. The van der Waals surface area contributed by atoms with E-state index in [4.69, 9.17) is 11.6 Å². The summed E-state index contributed by atoms with van der Waals surface area (Å²) in [5.74, 6) is 1.29. The molecule has 0 saturated heterocycles. The summed E-state index contributed by atoms with van der Waals surface area (Å²) >= 11 is 9.59. The highest BCUT2D eigenvalue weighted by molar-refractivity contribution is 9.10. The number of nitrogens with zero attached hydrogens (tertiary/aromatic N) is 5. The normalized spacial score (nSPS) is 15.1. The maximum atomic E-state index is 6.20. The van der Waals surface area contributed by atoms with Crippen LogP contribution >= 0.6 is 27.5 Å². The highest BCUT2D eigenvalue weighted by atomic mass is 79.9. The third kappa shape index (κ3) is 1.93. The molecule has 2 aromatic heterocycles. The van der Waals surface area contributed by atoms with Crippen molar-refractivity contribution in [3.63, 3.8) is 0 Å². The second-order valence-electron chi connectivity index (χ2n) is 4.47. The van der Waals surface area contributed by atoms with Gasteiger partial charge < -0.3 is 0 Å². The lowest BCUT2D eigenvalue weighted by molar-refractivity contribution is 0.717. The molecule has 1 fully saturated rings. The predicted octanol–water partition coefficient (Wildman–Crippen LogP) is 2.87. The van der Waals surface area contributed by atoms with Crippen molar-refractivity contribution >= 4 is 27.5 Å². The lowest BCUT2D eigenvalue weighted by Crippen LogP contribution is -2.03. The molecule has 0 aromatic carbocycles. The molecule has 94 valence electrons. The van der Waals surface area contributed by atoms with Crippen LogP contribution in [0.2, 0.25) is 5.15 Å². The van der Waals surface area contributed by atoms with Crippen LogP contribution in [0.15, 0.2) is 4.60 Å². The zero-order valence-electron chi connectivity index (χ0n) is 9.98. The summed E-state index contributed by atoms with van der Waals surface area (Å²) in [7, 11) is 1.83. The summed E-state index contributed by atoms with van der Waals surface area (Å²) in [5.41, 5.74) is 2.49. The molecule has 0 N–H and O–H groups in total. The molecule has 2 aromatic rings. The van der Waals surface area contributed by atoms with Gasteiger partial charge in [0, 0.05) is 18.5 Å². The van der Waals surface area contributed by atoms with E-state index < -0.39 is 0 Å². The molecule has 0 spiro atoms. The predicted molar refractivity (Wildman–Crippen MR) is 71.5 cm³/mol. The summed E-state index contributed by atoms with van der Waals surface area (Å²) in [6.45, 7) is 1.91. The molecule has 0 unspecified atom stereocenters. The maximum absolute atomic E-state index is 6.20. The van der Waals surface area contributed by atoms with E-state index in [0.717, 1.165) is 35.6 Å². The Bertz CT molecular complexity index is 601. The van der Waals surface area contributed by atoms with Gasteiger partial charge in [0.15, 0.2) is 4.60 Å². The van der Waals surface area contributed by atoms with Crippen LogP contribution in [0.1, 0.15) is 30.1 Å². The van der Waals surface area contributed by atoms with Gasteiger partial charge >= 0.3 is 0 Å². The summed E-state index contributed by atoms with van der Waals surface area (Å²) in [4.78, 5) is 8.99. The van der Waals surface area contributed by atoms with Gasteiger partial charge in [-0.1, -0.05) is 16.8 Å². The van der Waals surface area contributed by atoms with Crippen LogP contribution in [0.25, 0.3) is 11.4 Å². The molecule has 2 heterocycles. The lowest BCUT2D eigenvalue weighted by Gasteiger charge is -2.09. The van der Waals surface area contributed by atoms with E-state index in [0.29, 0.717) is 15.7 Å². The minimum atomic E-state index is 0.460. The number of halogens is 2. The molecular formula is C11H11BrClN5. The smallest absolute Gasteiger partial charge is 0.157 e. The van der Waals surface area contributed by atoms with E-state index in [-0.39, 0.29) is 0 Å². The SMILES string of the molecule is Cc1c(Cl)nc(C2CC2)nc1-c1c(Br)nnn1C. The lowest BCUT2D eigenvalue weighted by atomic mass is 10.2. The van der Waals surface area contributed by atoms with Gasteiger partial charge in [-0.15, -0.1) is 5.10 Å². The molecule has 0 atom stereocenters. The largest absolute Gasteiger partial charge is 0.245 e. The molecule has 1 saturated carbocycles. The highest BCUT2D eigenvalue weighted by Crippen LogP contribution is 2.40. The number of rotatable bonds is 2. The Labute approximate surface area is 118 Å². The molecule has 0 aliphatic heterocycles. The van der Waals surface area contributed by atoms with Gasteiger partial charge in [0.2, 0.25) is 0 Å². The maximum Gasteiger partial charge on any atom is 0.157 e. The van der Waals surface area contributed by atoms with Crippen molar-refractivity contribution in [3.05, 3.63) is 21.1 Å². The second-order valence-corrected chi connectivity index (χ2v) is 5.58. The Morgan fingerprint density at radius 3 is 2.61 bits per heavy atom. The van der Waals surface area contributed by atoms with Gasteiger partial charge in [0.05, 0.1) is 5.69 Å². The summed E-state index contributed by atoms with van der Waals surface area (Å²) in [6, 6.07) is 0. The zero-order chi connectivity index (χ0) is 12.9. The molecule has 1 aliphatic rings. The number of aromatic nitrogens is 5. The van der Waals surface area contributed by atoms with Crippen molar-refractivity contribution < 1.29 is 0 Å². The van der Waals surface area contributed by atoms with Crippen LogP contribution in [0.4, 0.5) is 0 Å². The Balaban J connectivity index is 2.21. The van der Waals surface area contributed by atoms with Crippen molar-refractivity contribution in [3.8, 4) is 11.4 Å². The summed E-state index contributed by atoms with van der Waals surface area (Å²) < 4.78 is 2.36. The van der Waals surface area contributed by atoms with E-state index in [9.17, 15) is 0 Å². The molecule has 0 radical (unpaired) electrons. The molecule has 1 aliphatic carbocycles. The van der Waals surface area contributed by atoms with Gasteiger partial charge in [-0.25, -0.2) is 14.6 Å². The first-order valence-corrected chi connectivity index (χ1v) is 6.84. The van der Waals surface area contributed by atoms with Crippen molar-refractivity contribution in [2.75, 3.05) is 0 Å². The molecule has 3 rings (SSSR count). The third-order valence-corrected chi connectivity index (χ3v) is 3.96. The zero-order valence-corrected chi connectivity index (χ0v) is 12.3. The highest BCUT2D eigenvalue weighted by Gasteiger charge is 2.29. The van der Waals surface area contributed by atoms with Crippen molar-refractivity contribution in [1.82, 2.24) is 25.0 Å². The van der Waals surface area contributed by atoms with Gasteiger partial charge in [0.25, 0.3) is 0 Å².